The Kier molecular flexibility index (Phi) is 3.57. The van der Waals surface area contributed by atoms with Gasteiger partial charge in [0.25, 0.3) is 5.56 Å². The van der Waals surface area contributed by atoms with Crippen LogP contribution in [0.5, 0.6) is 0 Å². The molecule has 0 aliphatic heterocycles. The SMILES string of the molecule is Nc1ccc2c(=O)n(Cc3ccc(Cl)c(Cl)c3)cnc2c1. The van der Waals surface area contributed by atoms with Gasteiger partial charge in [-0.1, -0.05) is 29.3 Å². The summed E-state index contributed by atoms with van der Waals surface area (Å²) in [5, 5.41) is 1.48. The number of aromatic nitrogens is 2. The lowest BCUT2D eigenvalue weighted by molar-refractivity contribution is 0.748. The molecule has 0 aliphatic carbocycles. The highest BCUT2D eigenvalue weighted by Gasteiger charge is 2.06. The average Bonchev–Trinajstić information content (AvgIpc) is 2.46. The van der Waals surface area contributed by atoms with Crippen LogP contribution in [0.2, 0.25) is 10.0 Å². The molecule has 0 unspecified atom stereocenters. The van der Waals surface area contributed by atoms with Crippen molar-refractivity contribution in [3.8, 4) is 0 Å². The monoisotopic (exact) mass is 319 g/mol. The smallest absolute Gasteiger partial charge is 0.261 e. The molecule has 3 aromatic rings. The molecule has 0 bridgehead atoms. The largest absolute Gasteiger partial charge is 0.399 e. The lowest BCUT2D eigenvalue weighted by Crippen LogP contribution is -2.21. The highest BCUT2D eigenvalue weighted by molar-refractivity contribution is 6.42. The molecule has 0 saturated carbocycles. The zero-order valence-electron chi connectivity index (χ0n) is 10.9. The summed E-state index contributed by atoms with van der Waals surface area (Å²) in [6.07, 6.45) is 1.51. The Bertz CT molecular complexity index is 890. The van der Waals surface area contributed by atoms with Crippen molar-refractivity contribution in [1.82, 2.24) is 9.55 Å². The number of halogens is 2. The van der Waals surface area contributed by atoms with Crippen LogP contribution in [0.15, 0.2) is 47.5 Å². The van der Waals surface area contributed by atoms with E-state index in [9.17, 15) is 4.79 Å². The zero-order chi connectivity index (χ0) is 15.0. The minimum absolute atomic E-state index is 0.119. The van der Waals surface area contributed by atoms with Crippen LogP contribution in [0.25, 0.3) is 10.9 Å². The van der Waals surface area contributed by atoms with Crippen molar-refractivity contribution >= 4 is 39.8 Å². The van der Waals surface area contributed by atoms with Crippen LogP contribution in [-0.4, -0.2) is 9.55 Å². The van der Waals surface area contributed by atoms with Gasteiger partial charge in [0.1, 0.15) is 0 Å². The quantitative estimate of drug-likeness (QED) is 0.737. The molecule has 1 heterocycles. The van der Waals surface area contributed by atoms with E-state index in [0.29, 0.717) is 33.2 Å². The molecule has 2 N–H and O–H groups in total. The van der Waals surface area contributed by atoms with Crippen molar-refractivity contribution in [1.29, 1.82) is 0 Å². The second-order valence-electron chi connectivity index (χ2n) is 4.70. The van der Waals surface area contributed by atoms with Gasteiger partial charge in [-0.3, -0.25) is 9.36 Å². The van der Waals surface area contributed by atoms with E-state index < -0.39 is 0 Å². The molecule has 0 amide bonds. The van der Waals surface area contributed by atoms with E-state index in [2.05, 4.69) is 4.98 Å². The van der Waals surface area contributed by atoms with Gasteiger partial charge in [-0.2, -0.15) is 0 Å². The molecule has 0 spiro atoms. The number of nitrogen functional groups attached to an aromatic ring is 1. The highest BCUT2D eigenvalue weighted by Crippen LogP contribution is 2.22. The van der Waals surface area contributed by atoms with Crippen LogP contribution in [0.1, 0.15) is 5.56 Å². The molecule has 0 saturated heterocycles. The maximum absolute atomic E-state index is 12.4. The Balaban J connectivity index is 2.05. The molecule has 1 aromatic heterocycles. The van der Waals surface area contributed by atoms with Gasteiger partial charge in [-0.15, -0.1) is 0 Å². The van der Waals surface area contributed by atoms with Crippen molar-refractivity contribution in [2.45, 2.75) is 6.54 Å². The standard InChI is InChI=1S/C15H11Cl2N3O/c16-12-4-1-9(5-13(12)17)7-20-8-19-14-6-10(18)2-3-11(14)15(20)21/h1-6,8H,7,18H2. The number of rotatable bonds is 2. The fraction of sp³-hybridized carbons (Fsp3) is 0.0667. The van der Waals surface area contributed by atoms with E-state index in [-0.39, 0.29) is 5.56 Å². The van der Waals surface area contributed by atoms with E-state index in [1.165, 1.54) is 10.9 Å². The average molecular weight is 320 g/mol. The third-order valence-corrected chi connectivity index (χ3v) is 3.93. The highest BCUT2D eigenvalue weighted by atomic mass is 35.5. The molecule has 6 heteroatoms. The Hall–Kier alpha value is -2.04. The first-order chi connectivity index (χ1) is 10.0. The first-order valence-electron chi connectivity index (χ1n) is 6.23. The molecule has 0 fully saturated rings. The summed E-state index contributed by atoms with van der Waals surface area (Å²) >= 11 is 11.9. The number of hydrogen-bond donors (Lipinski definition) is 1. The van der Waals surface area contributed by atoms with Crippen molar-refractivity contribution in [2.24, 2.45) is 0 Å². The normalized spacial score (nSPS) is 11.0. The maximum Gasteiger partial charge on any atom is 0.261 e. The summed E-state index contributed by atoms with van der Waals surface area (Å²) < 4.78 is 1.53. The topological polar surface area (TPSA) is 60.9 Å². The molecule has 4 nitrogen and oxygen atoms in total. The van der Waals surface area contributed by atoms with Gasteiger partial charge < -0.3 is 5.73 Å². The number of hydrogen-bond acceptors (Lipinski definition) is 3. The third-order valence-electron chi connectivity index (χ3n) is 3.19. The fourth-order valence-corrected chi connectivity index (χ4v) is 2.44. The zero-order valence-corrected chi connectivity index (χ0v) is 12.4. The first-order valence-corrected chi connectivity index (χ1v) is 6.99. The molecular formula is C15H11Cl2N3O. The van der Waals surface area contributed by atoms with Crippen molar-refractivity contribution in [3.05, 3.63) is 68.7 Å². The minimum Gasteiger partial charge on any atom is -0.399 e. The Morgan fingerprint density at radius 1 is 1.10 bits per heavy atom. The van der Waals surface area contributed by atoms with Crippen LogP contribution in [0, 0.1) is 0 Å². The van der Waals surface area contributed by atoms with E-state index in [1.807, 2.05) is 6.07 Å². The third kappa shape index (κ3) is 2.73. The minimum atomic E-state index is -0.119. The maximum atomic E-state index is 12.4. The van der Waals surface area contributed by atoms with Crippen LogP contribution in [-0.2, 0) is 6.54 Å². The lowest BCUT2D eigenvalue weighted by atomic mass is 10.2. The van der Waals surface area contributed by atoms with Gasteiger partial charge in [0.15, 0.2) is 0 Å². The molecule has 0 aliphatic rings. The Labute approximate surface area is 130 Å². The second kappa shape index (κ2) is 5.39. The number of nitrogens with zero attached hydrogens (tertiary/aromatic N) is 2. The van der Waals surface area contributed by atoms with E-state index in [0.717, 1.165) is 5.56 Å². The number of fused-ring (bicyclic) bond motifs is 1. The summed E-state index contributed by atoms with van der Waals surface area (Å²) in [5.41, 5.74) is 7.62. The molecular weight excluding hydrogens is 309 g/mol. The van der Waals surface area contributed by atoms with Crippen LogP contribution >= 0.6 is 23.2 Å². The van der Waals surface area contributed by atoms with Crippen LogP contribution in [0.4, 0.5) is 5.69 Å². The van der Waals surface area contributed by atoms with Gasteiger partial charge >= 0.3 is 0 Å². The fourth-order valence-electron chi connectivity index (χ4n) is 2.12. The van der Waals surface area contributed by atoms with Crippen molar-refractivity contribution in [2.75, 3.05) is 5.73 Å². The first kappa shape index (κ1) is 13.9. The van der Waals surface area contributed by atoms with Gasteiger partial charge in [0.05, 0.1) is 33.8 Å². The predicted molar refractivity (Wildman–Crippen MR) is 86.0 cm³/mol. The van der Waals surface area contributed by atoms with E-state index in [4.69, 9.17) is 28.9 Å². The number of benzene rings is 2. The lowest BCUT2D eigenvalue weighted by Gasteiger charge is -2.08. The predicted octanol–water partition coefficient (Wildman–Crippen LogP) is 3.33. The van der Waals surface area contributed by atoms with Crippen molar-refractivity contribution < 1.29 is 0 Å². The number of anilines is 1. The summed E-state index contributed by atoms with van der Waals surface area (Å²) in [7, 11) is 0. The van der Waals surface area contributed by atoms with Crippen LogP contribution < -0.4 is 11.3 Å². The molecule has 0 atom stereocenters. The van der Waals surface area contributed by atoms with Gasteiger partial charge in [0.2, 0.25) is 0 Å². The Morgan fingerprint density at radius 3 is 2.67 bits per heavy atom. The van der Waals surface area contributed by atoms with E-state index >= 15 is 0 Å². The molecule has 21 heavy (non-hydrogen) atoms. The van der Waals surface area contributed by atoms with Gasteiger partial charge in [-0.25, -0.2) is 4.98 Å². The number of nitrogens with two attached hydrogens (primary N) is 1. The van der Waals surface area contributed by atoms with Crippen molar-refractivity contribution in [3.63, 3.8) is 0 Å². The molecule has 106 valence electrons. The Morgan fingerprint density at radius 2 is 1.90 bits per heavy atom. The van der Waals surface area contributed by atoms with E-state index in [1.54, 1.807) is 30.3 Å². The summed E-state index contributed by atoms with van der Waals surface area (Å²) in [4.78, 5) is 16.7. The van der Waals surface area contributed by atoms with Gasteiger partial charge in [0, 0.05) is 5.69 Å². The molecule has 0 radical (unpaired) electrons. The molecule has 2 aromatic carbocycles. The summed E-state index contributed by atoms with van der Waals surface area (Å²) in [5.74, 6) is 0. The summed E-state index contributed by atoms with van der Waals surface area (Å²) in [6.45, 7) is 0.378. The second-order valence-corrected chi connectivity index (χ2v) is 5.52. The van der Waals surface area contributed by atoms with Gasteiger partial charge in [-0.05, 0) is 35.9 Å². The molecule has 3 rings (SSSR count). The summed E-state index contributed by atoms with van der Waals surface area (Å²) in [6, 6.07) is 10.3. The van der Waals surface area contributed by atoms with Crippen LogP contribution in [0.3, 0.4) is 0 Å².